The maximum atomic E-state index is 14.2. The van der Waals surface area contributed by atoms with Gasteiger partial charge in [-0.05, 0) is 71.1 Å². The highest BCUT2D eigenvalue weighted by Crippen LogP contribution is 2.69. The van der Waals surface area contributed by atoms with E-state index in [4.69, 9.17) is 0 Å². The summed E-state index contributed by atoms with van der Waals surface area (Å²) in [6, 6.07) is 8.64. The standard InChI is InChI=1S/C28H31N3O2/c1-27(2)16-12-13-28(27,3)21(14-16)29-25(32)30-23-18-10-11-19(18)24(31(30)26(29)33)22-17-7-5-4-6-15(17)8-9-20(22)23/h4-7,10-11,16,18-19,21,23-24H,8-9,12-14H2,1-3H3. The van der Waals surface area contributed by atoms with Crippen LogP contribution in [0.1, 0.15) is 75.7 Å². The average Bonchev–Trinajstić information content (AvgIpc) is 3.25. The summed E-state index contributed by atoms with van der Waals surface area (Å²) in [7, 11) is 0. The monoisotopic (exact) mass is 441 g/mol. The van der Waals surface area contributed by atoms with Crippen LogP contribution in [-0.2, 0) is 6.42 Å². The van der Waals surface area contributed by atoms with E-state index in [1.165, 1.54) is 28.7 Å². The van der Waals surface area contributed by atoms with Crippen LogP contribution < -0.4 is 11.4 Å². The molecule has 7 aliphatic rings. The minimum absolute atomic E-state index is 0.00531. The maximum Gasteiger partial charge on any atom is 0.348 e. The van der Waals surface area contributed by atoms with Gasteiger partial charge in [0.25, 0.3) is 0 Å². The zero-order chi connectivity index (χ0) is 22.4. The molecule has 3 heterocycles. The zero-order valence-electron chi connectivity index (χ0n) is 19.6. The van der Waals surface area contributed by atoms with Gasteiger partial charge in [-0.3, -0.25) is 0 Å². The van der Waals surface area contributed by atoms with Gasteiger partial charge in [0, 0.05) is 17.9 Å². The molecule has 7 atom stereocenters. The number of aryl methyl sites for hydroxylation is 1. The van der Waals surface area contributed by atoms with E-state index in [2.05, 4.69) is 57.2 Å². The second-order valence-corrected chi connectivity index (χ2v) is 12.3. The van der Waals surface area contributed by atoms with Crippen LogP contribution in [0.4, 0.5) is 0 Å². The Morgan fingerprint density at radius 2 is 1.61 bits per heavy atom. The van der Waals surface area contributed by atoms with Crippen molar-refractivity contribution in [3.05, 3.63) is 74.1 Å². The molecule has 0 spiro atoms. The van der Waals surface area contributed by atoms with Gasteiger partial charge in [0.15, 0.2) is 0 Å². The highest BCUT2D eigenvalue weighted by Gasteiger charge is 2.63. The summed E-state index contributed by atoms with van der Waals surface area (Å²) < 4.78 is 5.49. The highest BCUT2D eigenvalue weighted by molar-refractivity contribution is 5.79. The molecule has 0 N–H and O–H groups in total. The number of fused-ring (bicyclic) bond motifs is 3. The van der Waals surface area contributed by atoms with E-state index in [1.807, 2.05) is 9.36 Å². The molecule has 0 amide bonds. The molecule has 5 nitrogen and oxygen atoms in total. The molecular formula is C28H31N3O2. The van der Waals surface area contributed by atoms with E-state index in [-0.39, 0.29) is 40.3 Å². The molecule has 2 aromatic rings. The third-order valence-corrected chi connectivity index (χ3v) is 11.3. The fraction of sp³-hybridized carbons (Fsp3) is 0.571. The number of hydrogen-bond acceptors (Lipinski definition) is 2. The molecular weight excluding hydrogens is 410 g/mol. The molecule has 2 fully saturated rings. The molecule has 5 heteroatoms. The molecule has 0 radical (unpaired) electrons. The first-order chi connectivity index (χ1) is 15.8. The second kappa shape index (κ2) is 5.56. The van der Waals surface area contributed by atoms with Crippen LogP contribution in [-0.4, -0.2) is 13.9 Å². The summed E-state index contributed by atoms with van der Waals surface area (Å²) in [5.74, 6) is 1.26. The summed E-state index contributed by atoms with van der Waals surface area (Å²) in [6.45, 7) is 7.04. The van der Waals surface area contributed by atoms with Gasteiger partial charge in [-0.25, -0.2) is 23.5 Å². The molecule has 0 saturated heterocycles. The third kappa shape index (κ3) is 1.85. The van der Waals surface area contributed by atoms with Gasteiger partial charge in [-0.1, -0.05) is 57.2 Å². The lowest BCUT2D eigenvalue weighted by Gasteiger charge is -2.54. The number of rotatable bonds is 1. The summed E-state index contributed by atoms with van der Waals surface area (Å²) >= 11 is 0. The molecule has 9 rings (SSSR count). The van der Waals surface area contributed by atoms with Crippen LogP contribution in [0.3, 0.4) is 0 Å². The van der Waals surface area contributed by atoms with Crippen molar-refractivity contribution in [2.75, 3.05) is 0 Å². The normalized spacial score (nSPS) is 40.3. The van der Waals surface area contributed by atoms with Crippen LogP contribution in [0.25, 0.3) is 5.57 Å². The summed E-state index contributed by atoms with van der Waals surface area (Å²) in [5.41, 5.74) is 5.45. The zero-order valence-corrected chi connectivity index (χ0v) is 19.6. The maximum absolute atomic E-state index is 14.2. The summed E-state index contributed by atoms with van der Waals surface area (Å²) in [6.07, 6.45) is 9.86. The summed E-state index contributed by atoms with van der Waals surface area (Å²) in [4.78, 5) is 28.3. The highest BCUT2D eigenvalue weighted by atomic mass is 16.2. The fourth-order valence-electron chi connectivity index (χ4n) is 9.07. The lowest BCUT2D eigenvalue weighted by Crippen LogP contribution is -2.54. The Hall–Kier alpha value is -2.56. The molecule has 1 aromatic heterocycles. The Morgan fingerprint density at radius 1 is 0.909 bits per heavy atom. The molecule has 1 aromatic carbocycles. The smallest absolute Gasteiger partial charge is 0.246 e. The molecule has 4 bridgehead atoms. The van der Waals surface area contributed by atoms with E-state index in [1.54, 1.807) is 4.57 Å². The van der Waals surface area contributed by atoms with Crippen molar-refractivity contribution in [1.82, 2.24) is 13.9 Å². The predicted molar refractivity (Wildman–Crippen MR) is 127 cm³/mol. The SMILES string of the molecule is CC1(C)C2CCC1(C)C(n1c(=O)n3n(c1=O)C1C4=C(CCc5ccccc54)C3C3C=CC31)C2. The molecule has 2 saturated carbocycles. The Morgan fingerprint density at radius 3 is 2.27 bits per heavy atom. The Kier molecular flexibility index (Phi) is 3.17. The number of aromatic nitrogens is 3. The minimum atomic E-state index is -0.0714. The topological polar surface area (TPSA) is 48.9 Å². The third-order valence-electron chi connectivity index (χ3n) is 11.3. The number of hydrogen-bond donors (Lipinski definition) is 0. The van der Waals surface area contributed by atoms with Gasteiger partial charge in [0.05, 0.1) is 12.1 Å². The fourth-order valence-corrected chi connectivity index (χ4v) is 9.07. The van der Waals surface area contributed by atoms with Crippen molar-refractivity contribution in [3.63, 3.8) is 0 Å². The predicted octanol–water partition coefficient (Wildman–Crippen LogP) is 4.51. The van der Waals surface area contributed by atoms with Gasteiger partial charge in [-0.15, -0.1) is 0 Å². The number of nitrogens with zero attached hydrogens (tertiary/aromatic N) is 3. The summed E-state index contributed by atoms with van der Waals surface area (Å²) in [5, 5.41) is 0. The Balaban J connectivity index is 1.37. The molecule has 33 heavy (non-hydrogen) atoms. The van der Waals surface area contributed by atoms with E-state index in [9.17, 15) is 9.59 Å². The quantitative estimate of drug-likeness (QED) is 0.612. The van der Waals surface area contributed by atoms with Crippen LogP contribution in [0, 0.1) is 28.6 Å². The molecule has 170 valence electrons. The van der Waals surface area contributed by atoms with E-state index in [0.717, 1.165) is 25.7 Å². The van der Waals surface area contributed by atoms with E-state index >= 15 is 0 Å². The molecule has 2 aliphatic heterocycles. The van der Waals surface area contributed by atoms with Crippen LogP contribution in [0.5, 0.6) is 0 Å². The average molecular weight is 442 g/mol. The minimum Gasteiger partial charge on any atom is -0.246 e. The van der Waals surface area contributed by atoms with Crippen molar-refractivity contribution in [1.29, 1.82) is 0 Å². The molecule has 5 aliphatic carbocycles. The van der Waals surface area contributed by atoms with E-state index in [0.29, 0.717) is 17.8 Å². The first kappa shape index (κ1) is 18.8. The lowest BCUT2D eigenvalue weighted by atomic mass is 9.59. The van der Waals surface area contributed by atoms with Crippen LogP contribution in [0.15, 0.2) is 51.6 Å². The van der Waals surface area contributed by atoms with Gasteiger partial charge in [0.2, 0.25) is 0 Å². The van der Waals surface area contributed by atoms with Gasteiger partial charge < -0.3 is 0 Å². The first-order valence-corrected chi connectivity index (χ1v) is 12.8. The van der Waals surface area contributed by atoms with Gasteiger partial charge >= 0.3 is 11.4 Å². The molecule has 7 unspecified atom stereocenters. The van der Waals surface area contributed by atoms with Crippen molar-refractivity contribution >= 4 is 5.57 Å². The second-order valence-electron chi connectivity index (χ2n) is 12.3. The van der Waals surface area contributed by atoms with Crippen molar-refractivity contribution in [2.45, 2.75) is 71.0 Å². The van der Waals surface area contributed by atoms with Crippen molar-refractivity contribution < 1.29 is 0 Å². The van der Waals surface area contributed by atoms with Gasteiger partial charge in [0.1, 0.15) is 0 Å². The number of allylic oxidation sites excluding steroid dienone is 4. The van der Waals surface area contributed by atoms with Crippen molar-refractivity contribution in [2.24, 2.45) is 28.6 Å². The Bertz CT molecular complexity index is 1430. The van der Waals surface area contributed by atoms with Crippen LogP contribution in [0.2, 0.25) is 0 Å². The first-order valence-electron chi connectivity index (χ1n) is 12.8. The lowest BCUT2D eigenvalue weighted by molar-refractivity contribution is 0.103. The number of benzene rings is 1. The van der Waals surface area contributed by atoms with E-state index < -0.39 is 0 Å². The van der Waals surface area contributed by atoms with Gasteiger partial charge in [-0.2, -0.15) is 0 Å². The van der Waals surface area contributed by atoms with Crippen LogP contribution >= 0.6 is 0 Å². The largest absolute Gasteiger partial charge is 0.348 e. The van der Waals surface area contributed by atoms with Crippen molar-refractivity contribution in [3.8, 4) is 0 Å². The Labute approximate surface area is 193 Å².